The normalized spacial score (nSPS) is 11.6. The van der Waals surface area contributed by atoms with Gasteiger partial charge in [-0.1, -0.05) is 48.0 Å². The summed E-state index contributed by atoms with van der Waals surface area (Å²) in [6.45, 7) is 1.06. The lowest BCUT2D eigenvalue weighted by atomic mass is 10.0. The van der Waals surface area contributed by atoms with Crippen molar-refractivity contribution in [3.63, 3.8) is 0 Å². The summed E-state index contributed by atoms with van der Waals surface area (Å²) in [6, 6.07) is 16.0. The first-order chi connectivity index (χ1) is 14.2. The number of aliphatic carboxylic acids is 2. The highest BCUT2D eigenvalue weighted by atomic mass is 32.2. The Morgan fingerprint density at radius 3 is 2.17 bits per heavy atom. The largest absolute Gasteiger partial charge is 0.480 e. The fraction of sp³-hybridized carbons (Fsp3) is 0.0909. The molecule has 0 saturated heterocycles. The van der Waals surface area contributed by atoms with E-state index in [9.17, 15) is 23.1 Å². The van der Waals surface area contributed by atoms with Crippen molar-refractivity contribution in [3.8, 4) is 0 Å². The Kier molecular flexibility index (Phi) is 5.89. The van der Waals surface area contributed by atoms with Crippen LogP contribution in [0.2, 0.25) is 0 Å². The van der Waals surface area contributed by atoms with Gasteiger partial charge in [0.2, 0.25) is 0 Å². The third-order valence-corrected chi connectivity index (χ3v) is 6.27. The molecule has 2 N–H and O–H groups in total. The molecular weight excluding hydrogens is 406 g/mol. The van der Waals surface area contributed by atoms with E-state index < -0.39 is 28.5 Å². The number of fused-ring (bicyclic) bond motifs is 1. The van der Waals surface area contributed by atoms with Gasteiger partial charge in [0, 0.05) is 11.5 Å². The zero-order valence-electron chi connectivity index (χ0n) is 16.0. The van der Waals surface area contributed by atoms with Gasteiger partial charge in [0.15, 0.2) is 0 Å². The Morgan fingerprint density at radius 2 is 1.57 bits per heavy atom. The summed E-state index contributed by atoms with van der Waals surface area (Å²) < 4.78 is 27.4. The van der Waals surface area contributed by atoms with Crippen LogP contribution in [0.25, 0.3) is 16.8 Å². The second-order valence-corrected chi connectivity index (χ2v) is 8.47. The molecule has 0 unspecified atom stereocenters. The molecule has 30 heavy (non-hydrogen) atoms. The minimum atomic E-state index is -4.16. The summed E-state index contributed by atoms with van der Waals surface area (Å²) >= 11 is 0. The van der Waals surface area contributed by atoms with Gasteiger partial charge in [-0.05, 0) is 42.1 Å². The maximum atomic E-state index is 13.3. The maximum absolute atomic E-state index is 13.3. The monoisotopic (exact) mass is 425 g/mol. The van der Waals surface area contributed by atoms with Crippen molar-refractivity contribution in [1.82, 2.24) is 0 Å². The quantitative estimate of drug-likeness (QED) is 0.560. The number of hydrogen-bond donors (Lipinski definition) is 2. The molecule has 8 heteroatoms. The predicted molar refractivity (Wildman–Crippen MR) is 114 cm³/mol. The molecule has 0 radical (unpaired) electrons. The number of carboxylic acid groups (broad SMARTS) is 2. The van der Waals surface area contributed by atoms with Crippen LogP contribution < -0.4 is 4.31 Å². The predicted octanol–water partition coefficient (Wildman–Crippen LogP) is 3.53. The van der Waals surface area contributed by atoms with Gasteiger partial charge in [-0.2, -0.15) is 0 Å². The molecule has 0 fully saturated rings. The average molecular weight is 425 g/mol. The van der Waals surface area contributed by atoms with E-state index >= 15 is 0 Å². The standard InChI is InChI=1S/C22H19NO6S/c1-15-6-10-17(11-7-15)30(28,29)23(14-22(26)27)20-12-8-16(9-13-21(24)25)18-4-2-3-5-19(18)20/h2-13H,14H2,1H3,(H,24,25)(H,26,27)/b13-9+. The second kappa shape index (κ2) is 8.38. The van der Waals surface area contributed by atoms with E-state index in [-0.39, 0.29) is 10.6 Å². The summed E-state index contributed by atoms with van der Waals surface area (Å²) in [7, 11) is -4.16. The molecule has 0 heterocycles. The Morgan fingerprint density at radius 1 is 0.933 bits per heavy atom. The fourth-order valence-electron chi connectivity index (χ4n) is 3.09. The smallest absolute Gasteiger partial charge is 0.328 e. The van der Waals surface area contributed by atoms with Crippen molar-refractivity contribution in [2.45, 2.75) is 11.8 Å². The zero-order valence-corrected chi connectivity index (χ0v) is 16.8. The second-order valence-electron chi connectivity index (χ2n) is 6.61. The third-order valence-electron chi connectivity index (χ3n) is 4.50. The maximum Gasteiger partial charge on any atom is 0.328 e. The van der Waals surface area contributed by atoms with Gasteiger partial charge in [-0.15, -0.1) is 0 Å². The van der Waals surface area contributed by atoms with Crippen LogP contribution in [0.4, 0.5) is 5.69 Å². The molecule has 0 aliphatic rings. The lowest BCUT2D eigenvalue weighted by molar-refractivity contribution is -0.135. The third kappa shape index (κ3) is 4.33. The number of anilines is 1. The van der Waals surface area contributed by atoms with Crippen molar-refractivity contribution < 1.29 is 28.2 Å². The summed E-state index contributed by atoms with van der Waals surface area (Å²) in [5.41, 5.74) is 1.64. The number of benzene rings is 3. The summed E-state index contributed by atoms with van der Waals surface area (Å²) in [5, 5.41) is 19.4. The molecule has 3 rings (SSSR count). The lowest BCUT2D eigenvalue weighted by Crippen LogP contribution is -2.36. The molecule has 0 amide bonds. The summed E-state index contributed by atoms with van der Waals surface area (Å²) in [4.78, 5) is 22.4. The number of sulfonamides is 1. The molecule has 0 spiro atoms. The number of carboxylic acids is 2. The van der Waals surface area contributed by atoms with E-state index in [1.807, 2.05) is 6.92 Å². The zero-order chi connectivity index (χ0) is 21.9. The molecule has 154 valence electrons. The van der Waals surface area contributed by atoms with Crippen LogP contribution in [0.3, 0.4) is 0 Å². The van der Waals surface area contributed by atoms with E-state index in [1.54, 1.807) is 42.5 Å². The minimum absolute atomic E-state index is 0.0201. The Labute approximate surface area is 173 Å². The summed E-state index contributed by atoms with van der Waals surface area (Å²) in [5.74, 6) is -2.41. The van der Waals surface area contributed by atoms with Crippen molar-refractivity contribution in [2.24, 2.45) is 0 Å². The van der Waals surface area contributed by atoms with Crippen molar-refractivity contribution in [2.75, 3.05) is 10.8 Å². The molecule has 0 aromatic heterocycles. The number of hydrogen-bond acceptors (Lipinski definition) is 4. The van der Waals surface area contributed by atoms with Crippen LogP contribution in [-0.2, 0) is 19.6 Å². The lowest BCUT2D eigenvalue weighted by Gasteiger charge is -2.25. The molecule has 0 atom stereocenters. The van der Waals surface area contributed by atoms with Gasteiger partial charge in [-0.25, -0.2) is 13.2 Å². The molecule has 0 aliphatic heterocycles. The number of nitrogens with zero attached hydrogens (tertiary/aromatic N) is 1. The first-order valence-corrected chi connectivity index (χ1v) is 10.4. The molecule has 0 saturated carbocycles. The van der Waals surface area contributed by atoms with Crippen LogP contribution in [0.15, 0.2) is 71.6 Å². The van der Waals surface area contributed by atoms with E-state index in [2.05, 4.69) is 0 Å². The molecule has 3 aromatic rings. The summed E-state index contributed by atoms with van der Waals surface area (Å²) in [6.07, 6.45) is 2.39. The van der Waals surface area contributed by atoms with Crippen LogP contribution >= 0.6 is 0 Å². The SMILES string of the molecule is Cc1ccc(S(=O)(=O)N(CC(=O)O)c2ccc(/C=C/C(=O)O)c3ccccc23)cc1. The highest BCUT2D eigenvalue weighted by Crippen LogP contribution is 2.33. The minimum Gasteiger partial charge on any atom is -0.480 e. The Hall–Kier alpha value is -3.65. The number of carbonyl (C=O) groups is 2. The first-order valence-electron chi connectivity index (χ1n) is 8.94. The van der Waals surface area contributed by atoms with E-state index in [4.69, 9.17) is 5.11 Å². The number of aryl methyl sites for hydroxylation is 1. The van der Waals surface area contributed by atoms with Gasteiger partial charge < -0.3 is 10.2 Å². The average Bonchev–Trinajstić information content (AvgIpc) is 2.70. The van der Waals surface area contributed by atoms with Gasteiger partial charge in [-0.3, -0.25) is 9.10 Å². The van der Waals surface area contributed by atoms with Gasteiger partial charge in [0.1, 0.15) is 6.54 Å². The van der Waals surface area contributed by atoms with Crippen molar-refractivity contribution in [3.05, 3.63) is 77.9 Å². The number of rotatable bonds is 7. The van der Waals surface area contributed by atoms with E-state index in [0.717, 1.165) is 15.9 Å². The van der Waals surface area contributed by atoms with E-state index in [0.29, 0.717) is 16.3 Å². The first kappa shape index (κ1) is 21.1. The van der Waals surface area contributed by atoms with Crippen LogP contribution in [0.5, 0.6) is 0 Å². The highest BCUT2D eigenvalue weighted by molar-refractivity contribution is 7.92. The Balaban J connectivity index is 2.22. The van der Waals surface area contributed by atoms with Crippen LogP contribution in [0.1, 0.15) is 11.1 Å². The Bertz CT molecular complexity index is 1250. The van der Waals surface area contributed by atoms with Gasteiger partial charge in [0.05, 0.1) is 10.6 Å². The molecule has 7 nitrogen and oxygen atoms in total. The fourth-order valence-corrected chi connectivity index (χ4v) is 4.52. The van der Waals surface area contributed by atoms with Crippen LogP contribution in [0, 0.1) is 6.92 Å². The van der Waals surface area contributed by atoms with Gasteiger partial charge in [0.25, 0.3) is 10.0 Å². The molecular formula is C22H19NO6S. The van der Waals surface area contributed by atoms with E-state index in [1.165, 1.54) is 24.3 Å². The molecule has 0 aliphatic carbocycles. The van der Waals surface area contributed by atoms with Crippen molar-refractivity contribution in [1.29, 1.82) is 0 Å². The van der Waals surface area contributed by atoms with Gasteiger partial charge >= 0.3 is 11.9 Å². The molecule has 3 aromatic carbocycles. The molecule has 0 bridgehead atoms. The van der Waals surface area contributed by atoms with Crippen LogP contribution in [-0.4, -0.2) is 37.1 Å². The highest BCUT2D eigenvalue weighted by Gasteiger charge is 2.28. The van der Waals surface area contributed by atoms with Crippen molar-refractivity contribution >= 4 is 44.5 Å². The topological polar surface area (TPSA) is 112 Å².